The smallest absolute Gasteiger partial charge is 0.408 e. The van der Waals surface area contributed by atoms with Gasteiger partial charge in [0.1, 0.15) is 12.6 Å². The quantitative estimate of drug-likeness (QED) is 0.510. The number of alkyl carbamates (subject to hydrolysis) is 1. The second-order valence-corrected chi connectivity index (χ2v) is 7.55. The van der Waals surface area contributed by atoms with Crippen molar-refractivity contribution in [2.75, 3.05) is 11.6 Å². The molecule has 0 radical (unpaired) electrons. The largest absolute Gasteiger partial charge is 0.445 e. The van der Waals surface area contributed by atoms with E-state index in [4.69, 9.17) is 4.74 Å². The predicted octanol–water partition coefficient (Wildman–Crippen LogP) is 4.88. The number of hydrogen-bond acceptors (Lipinski definition) is 4. The number of rotatable bonds is 8. The maximum absolute atomic E-state index is 12.9. The standard InChI is InChI=1S/C24H24N2O3S/c1-30-21-14-12-20(13-15-21)25-23(27)22(16-18-8-4-2-5-9-18)26-24(28)29-17-19-10-6-3-7-11-19/h2-15,22H,16-17H2,1H3,(H,25,27)(H,26,28)/t22-/m0/s1. The Morgan fingerprint density at radius 2 is 1.47 bits per heavy atom. The molecule has 0 saturated carbocycles. The summed E-state index contributed by atoms with van der Waals surface area (Å²) in [5, 5.41) is 5.58. The van der Waals surface area contributed by atoms with E-state index in [9.17, 15) is 9.59 Å². The Kier molecular flexibility index (Phi) is 7.92. The van der Waals surface area contributed by atoms with Crippen molar-refractivity contribution in [2.24, 2.45) is 0 Å². The van der Waals surface area contributed by atoms with E-state index in [1.165, 1.54) is 0 Å². The van der Waals surface area contributed by atoms with E-state index >= 15 is 0 Å². The number of benzene rings is 3. The first-order valence-electron chi connectivity index (χ1n) is 9.60. The first kappa shape index (κ1) is 21.5. The number of anilines is 1. The van der Waals surface area contributed by atoms with Gasteiger partial charge in [-0.1, -0.05) is 60.7 Å². The molecule has 154 valence electrons. The molecular formula is C24H24N2O3S. The van der Waals surface area contributed by atoms with Crippen molar-refractivity contribution in [3.8, 4) is 0 Å². The highest BCUT2D eigenvalue weighted by molar-refractivity contribution is 7.98. The summed E-state index contributed by atoms with van der Waals surface area (Å²) in [4.78, 5) is 26.3. The van der Waals surface area contributed by atoms with Crippen LogP contribution < -0.4 is 10.6 Å². The molecular weight excluding hydrogens is 396 g/mol. The Balaban J connectivity index is 1.65. The summed E-state index contributed by atoms with van der Waals surface area (Å²) < 4.78 is 5.29. The first-order chi connectivity index (χ1) is 14.6. The van der Waals surface area contributed by atoms with E-state index in [1.807, 2.05) is 91.2 Å². The molecule has 1 atom stereocenters. The number of thioether (sulfide) groups is 1. The fourth-order valence-electron chi connectivity index (χ4n) is 2.87. The lowest BCUT2D eigenvalue weighted by Gasteiger charge is -2.19. The molecule has 0 aromatic heterocycles. The number of carbonyl (C=O) groups excluding carboxylic acids is 2. The van der Waals surface area contributed by atoms with Gasteiger partial charge in [-0.25, -0.2) is 4.79 Å². The van der Waals surface area contributed by atoms with Gasteiger partial charge < -0.3 is 15.4 Å². The second-order valence-electron chi connectivity index (χ2n) is 6.67. The molecule has 0 heterocycles. The van der Waals surface area contributed by atoms with Crippen molar-refractivity contribution in [1.29, 1.82) is 0 Å². The number of carbonyl (C=O) groups is 2. The van der Waals surface area contributed by atoms with Gasteiger partial charge >= 0.3 is 6.09 Å². The zero-order valence-electron chi connectivity index (χ0n) is 16.7. The molecule has 0 saturated heterocycles. The van der Waals surface area contributed by atoms with Gasteiger partial charge in [-0.2, -0.15) is 0 Å². The molecule has 0 aliphatic rings. The fourth-order valence-corrected chi connectivity index (χ4v) is 3.28. The molecule has 0 unspecified atom stereocenters. The summed E-state index contributed by atoms with van der Waals surface area (Å²) in [6, 6.07) is 25.8. The van der Waals surface area contributed by atoms with Crippen LogP contribution in [0.5, 0.6) is 0 Å². The highest BCUT2D eigenvalue weighted by Gasteiger charge is 2.22. The average Bonchev–Trinajstić information content (AvgIpc) is 2.79. The number of hydrogen-bond donors (Lipinski definition) is 2. The maximum atomic E-state index is 12.9. The third-order valence-corrected chi connectivity index (χ3v) is 5.21. The van der Waals surface area contributed by atoms with Gasteiger partial charge in [0.15, 0.2) is 0 Å². The van der Waals surface area contributed by atoms with Crippen molar-refractivity contribution in [3.63, 3.8) is 0 Å². The summed E-state index contributed by atoms with van der Waals surface area (Å²) in [7, 11) is 0. The van der Waals surface area contributed by atoms with E-state index in [1.54, 1.807) is 11.8 Å². The van der Waals surface area contributed by atoms with E-state index < -0.39 is 12.1 Å². The summed E-state index contributed by atoms with van der Waals surface area (Å²) in [5.41, 5.74) is 2.50. The summed E-state index contributed by atoms with van der Waals surface area (Å²) in [6.45, 7) is 0.141. The monoisotopic (exact) mass is 420 g/mol. The van der Waals surface area contributed by atoms with Crippen LogP contribution in [0, 0.1) is 0 Å². The molecule has 6 heteroatoms. The molecule has 2 N–H and O–H groups in total. The Bertz CT molecular complexity index is 947. The van der Waals surface area contributed by atoms with Crippen LogP contribution in [0.3, 0.4) is 0 Å². The summed E-state index contributed by atoms with van der Waals surface area (Å²) in [6.07, 6.45) is 1.72. The van der Waals surface area contributed by atoms with Crippen LogP contribution in [0.25, 0.3) is 0 Å². The molecule has 3 rings (SSSR count). The molecule has 3 aromatic carbocycles. The van der Waals surface area contributed by atoms with Crippen molar-refractivity contribution in [2.45, 2.75) is 24.0 Å². The molecule has 0 fully saturated rings. The number of nitrogens with one attached hydrogen (secondary N) is 2. The van der Waals surface area contributed by atoms with Gasteiger partial charge in [-0.15, -0.1) is 11.8 Å². The third-order valence-electron chi connectivity index (χ3n) is 4.46. The first-order valence-corrected chi connectivity index (χ1v) is 10.8. The maximum Gasteiger partial charge on any atom is 0.408 e. The van der Waals surface area contributed by atoms with Gasteiger partial charge in [0.05, 0.1) is 0 Å². The number of ether oxygens (including phenoxy) is 1. The minimum Gasteiger partial charge on any atom is -0.445 e. The molecule has 3 aromatic rings. The molecule has 2 amide bonds. The highest BCUT2D eigenvalue weighted by atomic mass is 32.2. The van der Waals surface area contributed by atoms with E-state index in [2.05, 4.69) is 10.6 Å². The number of amides is 2. The van der Waals surface area contributed by atoms with Crippen molar-refractivity contribution >= 4 is 29.4 Å². The summed E-state index contributed by atoms with van der Waals surface area (Å²) >= 11 is 1.63. The lowest BCUT2D eigenvalue weighted by atomic mass is 10.1. The SMILES string of the molecule is CSc1ccc(NC(=O)[C@H](Cc2ccccc2)NC(=O)OCc2ccccc2)cc1. The summed E-state index contributed by atoms with van der Waals surface area (Å²) in [5.74, 6) is -0.299. The van der Waals surface area contributed by atoms with Gasteiger partial charge in [-0.05, 0) is 41.6 Å². The Morgan fingerprint density at radius 1 is 0.867 bits per heavy atom. The Morgan fingerprint density at radius 3 is 2.07 bits per heavy atom. The van der Waals surface area contributed by atoms with Crippen LogP contribution >= 0.6 is 11.8 Å². The van der Waals surface area contributed by atoms with Crippen molar-refractivity contribution in [3.05, 3.63) is 96.1 Å². The molecule has 5 nitrogen and oxygen atoms in total. The van der Waals surface area contributed by atoms with Gasteiger partial charge in [0.25, 0.3) is 0 Å². The van der Waals surface area contributed by atoms with Crippen molar-refractivity contribution in [1.82, 2.24) is 5.32 Å². The predicted molar refractivity (Wildman–Crippen MR) is 121 cm³/mol. The molecule has 30 heavy (non-hydrogen) atoms. The zero-order valence-corrected chi connectivity index (χ0v) is 17.5. The van der Waals surface area contributed by atoms with E-state index in [0.29, 0.717) is 12.1 Å². The lowest BCUT2D eigenvalue weighted by Crippen LogP contribution is -2.45. The van der Waals surface area contributed by atoms with E-state index in [0.717, 1.165) is 16.0 Å². The highest BCUT2D eigenvalue weighted by Crippen LogP contribution is 2.18. The minimum absolute atomic E-state index is 0.141. The van der Waals surface area contributed by atoms with Gasteiger partial charge in [0.2, 0.25) is 5.91 Å². The zero-order chi connectivity index (χ0) is 21.2. The van der Waals surface area contributed by atoms with Crippen LogP contribution in [-0.2, 0) is 22.6 Å². The van der Waals surface area contributed by atoms with Crippen LogP contribution in [0.4, 0.5) is 10.5 Å². The van der Waals surface area contributed by atoms with Gasteiger partial charge in [-0.3, -0.25) is 4.79 Å². The van der Waals surface area contributed by atoms with Crippen LogP contribution in [0.1, 0.15) is 11.1 Å². The topological polar surface area (TPSA) is 67.4 Å². The van der Waals surface area contributed by atoms with Crippen LogP contribution in [0.15, 0.2) is 89.8 Å². The van der Waals surface area contributed by atoms with Crippen LogP contribution in [0.2, 0.25) is 0 Å². The Hall–Kier alpha value is -3.25. The minimum atomic E-state index is -0.768. The van der Waals surface area contributed by atoms with Crippen LogP contribution in [-0.4, -0.2) is 24.3 Å². The van der Waals surface area contributed by atoms with Crippen molar-refractivity contribution < 1.29 is 14.3 Å². The fraction of sp³-hybridized carbons (Fsp3) is 0.167. The second kappa shape index (κ2) is 11.1. The molecule has 0 aliphatic carbocycles. The molecule has 0 spiro atoms. The normalized spacial score (nSPS) is 11.4. The molecule has 0 aliphatic heterocycles. The third kappa shape index (κ3) is 6.67. The average molecular weight is 421 g/mol. The molecule has 0 bridgehead atoms. The lowest BCUT2D eigenvalue weighted by molar-refractivity contribution is -0.118. The Labute approximate surface area is 180 Å². The van der Waals surface area contributed by atoms with Gasteiger partial charge in [0, 0.05) is 17.0 Å². The van der Waals surface area contributed by atoms with E-state index in [-0.39, 0.29) is 12.5 Å².